The van der Waals surface area contributed by atoms with Gasteiger partial charge in [0.15, 0.2) is 6.61 Å². The van der Waals surface area contributed by atoms with Crippen LogP contribution in [-0.2, 0) is 25.5 Å². The molecule has 23 heavy (non-hydrogen) atoms. The number of carbonyl (C=O) groups excluding carboxylic acids is 3. The summed E-state index contributed by atoms with van der Waals surface area (Å²) >= 11 is 0. The van der Waals surface area contributed by atoms with E-state index in [2.05, 4.69) is 10.6 Å². The largest absolute Gasteiger partial charge is 0.455 e. The van der Waals surface area contributed by atoms with Crippen LogP contribution in [-0.4, -0.2) is 30.9 Å². The summed E-state index contributed by atoms with van der Waals surface area (Å²) in [7, 11) is 0. The third-order valence-corrected chi connectivity index (χ3v) is 3.88. The normalized spacial score (nSPS) is 18.9. The molecule has 0 spiro atoms. The Hall–Kier alpha value is -2.37. The molecule has 2 N–H and O–H groups in total. The highest BCUT2D eigenvalue weighted by Crippen LogP contribution is 2.38. The lowest BCUT2D eigenvalue weighted by Crippen LogP contribution is -2.35. The van der Waals surface area contributed by atoms with Crippen molar-refractivity contribution in [2.45, 2.75) is 26.7 Å². The van der Waals surface area contributed by atoms with Crippen LogP contribution >= 0.6 is 0 Å². The first-order chi connectivity index (χ1) is 11.0. The Kier molecular flexibility index (Phi) is 5.73. The molecule has 124 valence electrons. The number of amides is 2. The highest BCUT2D eigenvalue weighted by Gasteiger charge is 2.40. The zero-order chi connectivity index (χ0) is 16.8. The Bertz CT molecular complexity index is 600. The maximum atomic E-state index is 11.9. The molecule has 1 fully saturated rings. The summed E-state index contributed by atoms with van der Waals surface area (Å²) in [5.41, 5.74) is 1.77. The van der Waals surface area contributed by atoms with Gasteiger partial charge < -0.3 is 15.4 Å². The van der Waals surface area contributed by atoms with Crippen molar-refractivity contribution in [3.8, 4) is 0 Å². The van der Waals surface area contributed by atoms with Crippen molar-refractivity contribution in [1.82, 2.24) is 5.32 Å². The number of benzene rings is 1. The molecular weight excluding hydrogens is 296 g/mol. The summed E-state index contributed by atoms with van der Waals surface area (Å²) in [5.74, 6) is -0.868. The lowest BCUT2D eigenvalue weighted by molar-refractivity contribution is -0.150. The van der Waals surface area contributed by atoms with E-state index in [4.69, 9.17) is 4.74 Å². The number of ether oxygens (including phenoxy) is 1. The molecule has 6 nitrogen and oxygen atoms in total. The van der Waals surface area contributed by atoms with Crippen molar-refractivity contribution in [3.63, 3.8) is 0 Å². The molecule has 1 aliphatic rings. The van der Waals surface area contributed by atoms with Gasteiger partial charge in [-0.3, -0.25) is 14.4 Å². The van der Waals surface area contributed by atoms with Crippen LogP contribution in [0.3, 0.4) is 0 Å². The van der Waals surface area contributed by atoms with Crippen LogP contribution in [0.2, 0.25) is 0 Å². The van der Waals surface area contributed by atoms with Gasteiger partial charge in [0.05, 0.1) is 12.5 Å². The number of esters is 1. The first-order valence-electron chi connectivity index (χ1n) is 7.82. The molecular formula is C17H22N2O4. The molecule has 2 amide bonds. The first-order valence-corrected chi connectivity index (χ1v) is 7.82. The van der Waals surface area contributed by atoms with E-state index in [1.807, 2.05) is 38.1 Å². The van der Waals surface area contributed by atoms with Crippen molar-refractivity contribution in [1.29, 1.82) is 0 Å². The second-order valence-electron chi connectivity index (χ2n) is 5.76. The highest BCUT2D eigenvalue weighted by molar-refractivity contribution is 5.95. The van der Waals surface area contributed by atoms with E-state index in [1.54, 1.807) is 0 Å². The van der Waals surface area contributed by atoms with Gasteiger partial charge in [-0.05, 0) is 30.4 Å². The van der Waals surface area contributed by atoms with Crippen LogP contribution in [0.25, 0.3) is 0 Å². The zero-order valence-electron chi connectivity index (χ0n) is 13.4. The molecule has 0 heterocycles. The molecule has 0 aromatic heterocycles. The van der Waals surface area contributed by atoms with Gasteiger partial charge in [-0.25, -0.2) is 0 Å². The highest BCUT2D eigenvalue weighted by atomic mass is 16.5. The fourth-order valence-electron chi connectivity index (χ4n) is 2.27. The average Bonchev–Trinajstić information content (AvgIpc) is 3.28. The van der Waals surface area contributed by atoms with Crippen molar-refractivity contribution in [2.75, 3.05) is 18.5 Å². The minimum absolute atomic E-state index is 0.0726. The Morgan fingerprint density at radius 1 is 1.22 bits per heavy atom. The predicted octanol–water partition coefficient (Wildman–Crippen LogP) is 1.50. The van der Waals surface area contributed by atoms with Crippen LogP contribution in [0, 0.1) is 11.8 Å². The minimum Gasteiger partial charge on any atom is -0.455 e. The summed E-state index contributed by atoms with van der Waals surface area (Å²) in [6.45, 7) is 3.46. The Morgan fingerprint density at radius 3 is 2.57 bits per heavy atom. The van der Waals surface area contributed by atoms with Crippen molar-refractivity contribution in [2.24, 2.45) is 11.8 Å². The van der Waals surface area contributed by atoms with Crippen LogP contribution in [0.1, 0.15) is 25.8 Å². The van der Waals surface area contributed by atoms with Gasteiger partial charge in [0.2, 0.25) is 5.91 Å². The second-order valence-corrected chi connectivity index (χ2v) is 5.76. The monoisotopic (exact) mass is 318 g/mol. The maximum Gasteiger partial charge on any atom is 0.309 e. The van der Waals surface area contributed by atoms with E-state index >= 15 is 0 Å². The smallest absolute Gasteiger partial charge is 0.309 e. The summed E-state index contributed by atoms with van der Waals surface area (Å²) in [6, 6.07) is 7.50. The van der Waals surface area contributed by atoms with Gasteiger partial charge >= 0.3 is 5.97 Å². The number of rotatable bonds is 7. The summed E-state index contributed by atoms with van der Waals surface area (Å²) in [6.07, 6.45) is 1.62. The number of carbonyl (C=O) groups is 3. The van der Waals surface area contributed by atoms with Crippen molar-refractivity contribution < 1.29 is 19.1 Å². The molecule has 2 rings (SSSR count). The maximum absolute atomic E-state index is 11.9. The number of hydrogen-bond donors (Lipinski definition) is 2. The standard InChI is InChI=1S/C17H22N2O4/c1-3-12-6-4-5-7-14(12)19-15(20)9-18-16(21)10-23-17(22)13-8-11(13)2/h4-7,11,13H,3,8-10H2,1-2H3,(H,18,21)(H,19,20)/t11-,13+/m0/s1. The molecule has 0 unspecified atom stereocenters. The molecule has 1 aromatic rings. The molecule has 0 bridgehead atoms. The number of para-hydroxylation sites is 1. The molecule has 6 heteroatoms. The van der Waals surface area contributed by atoms with E-state index in [0.717, 1.165) is 24.1 Å². The van der Waals surface area contributed by atoms with Gasteiger partial charge in [0.25, 0.3) is 5.91 Å². The van der Waals surface area contributed by atoms with Crippen molar-refractivity contribution >= 4 is 23.5 Å². The van der Waals surface area contributed by atoms with E-state index in [0.29, 0.717) is 5.92 Å². The van der Waals surface area contributed by atoms with Crippen LogP contribution < -0.4 is 10.6 Å². The van der Waals surface area contributed by atoms with E-state index in [9.17, 15) is 14.4 Å². The summed E-state index contributed by atoms with van der Waals surface area (Å²) in [5, 5.41) is 5.19. The second kappa shape index (κ2) is 7.76. The first kappa shape index (κ1) is 17.0. The molecule has 1 saturated carbocycles. The quantitative estimate of drug-likeness (QED) is 0.746. The Morgan fingerprint density at radius 2 is 1.91 bits per heavy atom. The van der Waals surface area contributed by atoms with E-state index in [-0.39, 0.29) is 30.9 Å². The van der Waals surface area contributed by atoms with Crippen LogP contribution in [0.15, 0.2) is 24.3 Å². The zero-order valence-corrected chi connectivity index (χ0v) is 13.4. The molecule has 1 aliphatic carbocycles. The SMILES string of the molecule is CCc1ccccc1NC(=O)CNC(=O)COC(=O)[C@@H]1C[C@@H]1C. The van der Waals surface area contributed by atoms with E-state index < -0.39 is 5.91 Å². The van der Waals surface area contributed by atoms with Gasteiger partial charge in [0.1, 0.15) is 0 Å². The lowest BCUT2D eigenvalue weighted by atomic mass is 10.1. The third kappa shape index (κ3) is 5.09. The van der Waals surface area contributed by atoms with Crippen LogP contribution in [0.5, 0.6) is 0 Å². The van der Waals surface area contributed by atoms with Crippen molar-refractivity contribution in [3.05, 3.63) is 29.8 Å². The summed E-state index contributed by atoms with van der Waals surface area (Å²) < 4.78 is 4.90. The molecule has 0 saturated heterocycles. The number of anilines is 1. The van der Waals surface area contributed by atoms with E-state index in [1.165, 1.54) is 0 Å². The van der Waals surface area contributed by atoms with Gasteiger partial charge in [-0.15, -0.1) is 0 Å². The molecule has 1 aromatic carbocycles. The lowest BCUT2D eigenvalue weighted by Gasteiger charge is -2.10. The average molecular weight is 318 g/mol. The third-order valence-electron chi connectivity index (χ3n) is 3.88. The number of hydrogen-bond acceptors (Lipinski definition) is 4. The molecule has 0 radical (unpaired) electrons. The Balaban J connectivity index is 1.69. The van der Waals surface area contributed by atoms with Gasteiger partial charge in [-0.1, -0.05) is 32.0 Å². The minimum atomic E-state index is -0.481. The molecule has 2 atom stereocenters. The number of aryl methyl sites for hydroxylation is 1. The molecule has 0 aliphatic heterocycles. The van der Waals surface area contributed by atoms with Gasteiger partial charge in [-0.2, -0.15) is 0 Å². The number of nitrogens with one attached hydrogen (secondary N) is 2. The topological polar surface area (TPSA) is 84.5 Å². The fourth-order valence-corrected chi connectivity index (χ4v) is 2.27. The predicted molar refractivity (Wildman–Crippen MR) is 85.7 cm³/mol. The van der Waals surface area contributed by atoms with Crippen LogP contribution in [0.4, 0.5) is 5.69 Å². The summed E-state index contributed by atoms with van der Waals surface area (Å²) in [4.78, 5) is 34.9. The fraction of sp³-hybridized carbons (Fsp3) is 0.471. The Labute approximate surface area is 135 Å². The van der Waals surface area contributed by atoms with Gasteiger partial charge in [0, 0.05) is 5.69 Å².